The Balaban J connectivity index is 1.85. The molecule has 1 saturated heterocycles. The third-order valence-electron chi connectivity index (χ3n) is 3.20. The average molecular weight is 272 g/mol. The van der Waals surface area contributed by atoms with E-state index in [-0.39, 0.29) is 0 Å². The Kier molecular flexibility index (Phi) is 3.73. The molecule has 3 heterocycles. The van der Waals surface area contributed by atoms with Gasteiger partial charge in [-0.1, -0.05) is 0 Å². The van der Waals surface area contributed by atoms with Gasteiger partial charge >= 0.3 is 0 Å². The van der Waals surface area contributed by atoms with Crippen molar-refractivity contribution in [2.75, 3.05) is 38.3 Å². The Morgan fingerprint density at radius 3 is 2.60 bits per heavy atom. The Labute approximate surface area is 117 Å². The monoisotopic (exact) mass is 272 g/mol. The molecule has 0 aliphatic carbocycles. The largest absolute Gasteiger partial charge is 0.494 e. The maximum absolute atomic E-state index is 5.32. The van der Waals surface area contributed by atoms with Crippen LogP contribution in [0.25, 0.3) is 11.3 Å². The molecule has 0 radical (unpaired) electrons. The zero-order chi connectivity index (χ0) is 13.8. The van der Waals surface area contributed by atoms with Crippen LogP contribution in [0.2, 0.25) is 0 Å². The number of hydrogen-bond donors (Lipinski definition) is 0. The molecule has 1 fully saturated rings. The summed E-state index contributed by atoms with van der Waals surface area (Å²) in [5.41, 5.74) is 1.60. The molecule has 3 rings (SSSR count). The fourth-order valence-corrected chi connectivity index (χ4v) is 2.14. The van der Waals surface area contributed by atoms with Gasteiger partial charge < -0.3 is 14.4 Å². The molecule has 0 bridgehead atoms. The minimum atomic E-state index is 0.718. The van der Waals surface area contributed by atoms with Crippen LogP contribution in [-0.4, -0.2) is 48.4 Å². The quantitative estimate of drug-likeness (QED) is 0.841. The zero-order valence-electron chi connectivity index (χ0n) is 11.3. The molecule has 2 aromatic rings. The molecule has 6 nitrogen and oxygen atoms in total. The lowest BCUT2D eigenvalue weighted by Gasteiger charge is -2.26. The van der Waals surface area contributed by atoms with E-state index in [1.165, 1.54) is 0 Å². The van der Waals surface area contributed by atoms with Crippen molar-refractivity contribution in [3.05, 3.63) is 30.7 Å². The first kappa shape index (κ1) is 12.8. The maximum Gasteiger partial charge on any atom is 0.225 e. The third-order valence-corrected chi connectivity index (χ3v) is 3.20. The van der Waals surface area contributed by atoms with E-state index in [1.807, 2.05) is 12.1 Å². The summed E-state index contributed by atoms with van der Waals surface area (Å²) in [6, 6.07) is 3.71. The second kappa shape index (κ2) is 5.83. The van der Waals surface area contributed by atoms with E-state index < -0.39 is 0 Å². The van der Waals surface area contributed by atoms with E-state index >= 15 is 0 Å². The van der Waals surface area contributed by atoms with Crippen LogP contribution in [0.3, 0.4) is 0 Å². The molecule has 0 aromatic carbocycles. The summed E-state index contributed by atoms with van der Waals surface area (Å²) < 4.78 is 10.6. The van der Waals surface area contributed by atoms with Gasteiger partial charge in [-0.15, -0.1) is 0 Å². The van der Waals surface area contributed by atoms with Crippen LogP contribution in [0.1, 0.15) is 0 Å². The van der Waals surface area contributed by atoms with E-state index in [9.17, 15) is 0 Å². The van der Waals surface area contributed by atoms with Crippen molar-refractivity contribution in [2.24, 2.45) is 0 Å². The third kappa shape index (κ3) is 2.55. The molecule has 0 unspecified atom stereocenters. The minimum Gasteiger partial charge on any atom is -0.494 e. The van der Waals surface area contributed by atoms with Crippen LogP contribution in [0, 0.1) is 0 Å². The summed E-state index contributed by atoms with van der Waals surface area (Å²) >= 11 is 0. The van der Waals surface area contributed by atoms with E-state index in [0.717, 1.165) is 49.3 Å². The Hall–Kier alpha value is -2.21. The molecule has 6 heteroatoms. The number of pyridine rings is 1. The van der Waals surface area contributed by atoms with Crippen LogP contribution < -0.4 is 9.64 Å². The van der Waals surface area contributed by atoms with Crippen LogP contribution in [-0.2, 0) is 4.74 Å². The molecule has 0 saturated carbocycles. The van der Waals surface area contributed by atoms with E-state index in [2.05, 4.69) is 19.9 Å². The predicted molar refractivity (Wildman–Crippen MR) is 74.8 cm³/mol. The van der Waals surface area contributed by atoms with Crippen molar-refractivity contribution in [1.29, 1.82) is 0 Å². The zero-order valence-corrected chi connectivity index (χ0v) is 11.3. The number of aromatic nitrogens is 3. The number of morpholine rings is 1. The summed E-state index contributed by atoms with van der Waals surface area (Å²) in [4.78, 5) is 15.3. The molecule has 104 valence electrons. The molecule has 0 amide bonds. The average Bonchev–Trinajstić information content (AvgIpc) is 2.56. The summed E-state index contributed by atoms with van der Waals surface area (Å²) in [7, 11) is 1.63. The van der Waals surface area contributed by atoms with Gasteiger partial charge in [0.15, 0.2) is 0 Å². The fourth-order valence-electron chi connectivity index (χ4n) is 2.14. The van der Waals surface area contributed by atoms with E-state index in [4.69, 9.17) is 9.47 Å². The number of ether oxygens (including phenoxy) is 2. The van der Waals surface area contributed by atoms with Gasteiger partial charge in [-0.3, -0.25) is 4.98 Å². The maximum atomic E-state index is 5.32. The van der Waals surface area contributed by atoms with Crippen molar-refractivity contribution >= 4 is 5.95 Å². The Bertz CT molecular complexity index is 568. The minimum absolute atomic E-state index is 0.718. The molecular formula is C14H16N4O2. The van der Waals surface area contributed by atoms with Gasteiger partial charge in [-0.2, -0.15) is 0 Å². The van der Waals surface area contributed by atoms with Crippen LogP contribution in [0.15, 0.2) is 30.7 Å². The number of rotatable bonds is 3. The standard InChI is InChI=1S/C14H16N4O2/c1-19-12-3-2-4-15-13(12)11-9-16-14(17-10-11)18-5-7-20-8-6-18/h2-4,9-10H,5-8H2,1H3. The number of methoxy groups -OCH3 is 1. The molecule has 0 atom stereocenters. The fraction of sp³-hybridized carbons (Fsp3) is 0.357. The lowest BCUT2D eigenvalue weighted by Crippen LogP contribution is -2.37. The number of hydrogen-bond acceptors (Lipinski definition) is 6. The van der Waals surface area contributed by atoms with Crippen LogP contribution in [0.5, 0.6) is 5.75 Å². The molecule has 0 N–H and O–H groups in total. The Morgan fingerprint density at radius 2 is 1.90 bits per heavy atom. The molecule has 20 heavy (non-hydrogen) atoms. The second-order valence-corrected chi connectivity index (χ2v) is 4.43. The topological polar surface area (TPSA) is 60.4 Å². The molecular weight excluding hydrogens is 256 g/mol. The SMILES string of the molecule is COc1cccnc1-c1cnc(N2CCOCC2)nc1. The van der Waals surface area contributed by atoms with Gasteiger partial charge in [0.1, 0.15) is 11.4 Å². The highest BCUT2D eigenvalue weighted by Crippen LogP contribution is 2.26. The summed E-state index contributed by atoms with van der Waals surface area (Å²) in [6.45, 7) is 3.09. The van der Waals surface area contributed by atoms with Gasteiger partial charge in [-0.25, -0.2) is 9.97 Å². The normalized spacial score (nSPS) is 15.2. The first-order valence-corrected chi connectivity index (χ1v) is 6.52. The van der Waals surface area contributed by atoms with Crippen molar-refractivity contribution in [3.63, 3.8) is 0 Å². The Morgan fingerprint density at radius 1 is 1.15 bits per heavy atom. The van der Waals surface area contributed by atoms with Crippen molar-refractivity contribution < 1.29 is 9.47 Å². The molecule has 2 aromatic heterocycles. The van der Waals surface area contributed by atoms with Crippen LogP contribution >= 0.6 is 0 Å². The van der Waals surface area contributed by atoms with Gasteiger partial charge in [0.05, 0.1) is 20.3 Å². The van der Waals surface area contributed by atoms with E-state index in [1.54, 1.807) is 25.7 Å². The molecule has 1 aliphatic heterocycles. The van der Waals surface area contributed by atoms with Gasteiger partial charge in [0.25, 0.3) is 0 Å². The molecule has 1 aliphatic rings. The van der Waals surface area contributed by atoms with Crippen molar-refractivity contribution in [3.8, 4) is 17.0 Å². The first-order valence-electron chi connectivity index (χ1n) is 6.52. The number of anilines is 1. The number of nitrogens with zero attached hydrogens (tertiary/aromatic N) is 4. The summed E-state index contributed by atoms with van der Waals surface area (Å²) in [5.74, 6) is 1.45. The highest BCUT2D eigenvalue weighted by atomic mass is 16.5. The van der Waals surface area contributed by atoms with Gasteiger partial charge in [0.2, 0.25) is 5.95 Å². The lowest BCUT2D eigenvalue weighted by atomic mass is 10.2. The van der Waals surface area contributed by atoms with Gasteiger partial charge in [-0.05, 0) is 12.1 Å². The highest BCUT2D eigenvalue weighted by Gasteiger charge is 2.14. The smallest absolute Gasteiger partial charge is 0.225 e. The summed E-state index contributed by atoms with van der Waals surface area (Å²) in [5, 5.41) is 0. The van der Waals surface area contributed by atoms with Crippen LogP contribution in [0.4, 0.5) is 5.95 Å². The molecule has 0 spiro atoms. The highest BCUT2D eigenvalue weighted by molar-refractivity contribution is 5.64. The van der Waals surface area contributed by atoms with Crippen molar-refractivity contribution in [2.45, 2.75) is 0 Å². The first-order chi connectivity index (χ1) is 9.88. The second-order valence-electron chi connectivity index (χ2n) is 4.43. The van der Waals surface area contributed by atoms with E-state index in [0.29, 0.717) is 0 Å². The lowest BCUT2D eigenvalue weighted by molar-refractivity contribution is 0.122. The predicted octanol–water partition coefficient (Wildman–Crippen LogP) is 1.38. The summed E-state index contributed by atoms with van der Waals surface area (Å²) in [6.07, 6.45) is 5.29. The van der Waals surface area contributed by atoms with Gasteiger partial charge in [0, 0.05) is 37.2 Å². The van der Waals surface area contributed by atoms with Crippen molar-refractivity contribution in [1.82, 2.24) is 15.0 Å².